The van der Waals surface area contributed by atoms with Gasteiger partial charge in [0.25, 0.3) is 29.5 Å². The van der Waals surface area contributed by atoms with E-state index < -0.39 is 36.4 Å². The predicted molar refractivity (Wildman–Crippen MR) is 236 cm³/mol. The summed E-state index contributed by atoms with van der Waals surface area (Å²) in [4.78, 5) is 86.7. The van der Waals surface area contributed by atoms with Gasteiger partial charge in [-0.05, 0) is 94.3 Å². The normalized spacial score (nSPS) is 21.7. The van der Waals surface area contributed by atoms with Gasteiger partial charge >= 0.3 is 0 Å². The fourth-order valence-electron chi connectivity index (χ4n) is 10.2. The number of carbonyl (C=O) groups is 6. The van der Waals surface area contributed by atoms with Crippen LogP contribution >= 0.6 is 11.6 Å². The number of nitriles is 1. The number of fused-ring (bicyclic) bond motifs is 3. The molecule has 0 radical (unpaired) electrons. The summed E-state index contributed by atoms with van der Waals surface area (Å²) < 4.78 is 7.66. The number of carbonyl (C=O) groups excluding carboxylic acids is 6. The average Bonchev–Trinajstić information content (AvgIpc) is 3.77. The molecule has 0 bridgehead atoms. The van der Waals surface area contributed by atoms with Crippen LogP contribution in [0.15, 0.2) is 48.5 Å². The number of hydrogen-bond donors (Lipinski definition) is 2. The monoisotopic (exact) mass is 904 g/mol. The van der Waals surface area contributed by atoms with Crippen molar-refractivity contribution in [3.05, 3.63) is 76.1 Å². The molecule has 4 aromatic rings. The third kappa shape index (κ3) is 7.90. The van der Waals surface area contributed by atoms with E-state index in [2.05, 4.69) is 31.4 Å². The number of hydrogen-bond acceptors (Lipinski definition) is 13. The molecule has 2 N–H and O–H groups in total. The first-order valence-electron chi connectivity index (χ1n) is 22.1. The molecule has 6 amide bonds. The maximum absolute atomic E-state index is 13.7. The van der Waals surface area contributed by atoms with Crippen LogP contribution in [0.25, 0.3) is 10.9 Å². The van der Waals surface area contributed by atoms with Gasteiger partial charge in [-0.25, -0.2) is 0 Å². The van der Waals surface area contributed by atoms with Gasteiger partial charge in [0.1, 0.15) is 30.3 Å². The Bertz CT molecular complexity index is 2640. The number of ether oxygens (including phenoxy) is 1. The lowest BCUT2D eigenvalue weighted by atomic mass is 9.72. The Kier molecular flexibility index (Phi) is 11.7. The summed E-state index contributed by atoms with van der Waals surface area (Å²) in [7, 11) is 2.03. The molecule has 4 aliphatic heterocycles. The fraction of sp³-hybridized carbons (Fsp3) is 0.457. The van der Waals surface area contributed by atoms with Gasteiger partial charge in [-0.2, -0.15) is 5.26 Å². The van der Waals surface area contributed by atoms with Gasteiger partial charge in [-0.3, -0.25) is 38.6 Å². The number of imide groups is 2. The van der Waals surface area contributed by atoms with Crippen molar-refractivity contribution in [1.82, 2.24) is 34.8 Å². The van der Waals surface area contributed by atoms with Gasteiger partial charge in [-0.1, -0.05) is 11.6 Å². The number of halogens is 1. The quantitative estimate of drug-likeness (QED) is 0.206. The molecular formula is C46H49ClN10O8. The van der Waals surface area contributed by atoms with Gasteiger partial charge in [-0.15, -0.1) is 10.2 Å². The molecule has 3 saturated heterocycles. The first-order chi connectivity index (χ1) is 31.3. The van der Waals surface area contributed by atoms with Crippen LogP contribution in [0.1, 0.15) is 95.2 Å². The lowest BCUT2D eigenvalue weighted by Crippen LogP contribution is -2.61. The third-order valence-electron chi connectivity index (χ3n) is 14.0. The van der Waals surface area contributed by atoms with Crippen LogP contribution in [0.3, 0.4) is 0 Å². The Morgan fingerprint density at radius 2 is 1.74 bits per heavy atom. The highest BCUT2D eigenvalue weighted by molar-refractivity contribution is 6.32. The van der Waals surface area contributed by atoms with Crippen molar-refractivity contribution in [3.8, 4) is 11.8 Å². The van der Waals surface area contributed by atoms with E-state index in [9.17, 15) is 39.1 Å². The molecule has 1 spiro atoms. The zero-order valence-corrected chi connectivity index (χ0v) is 36.9. The Labute approximate surface area is 379 Å². The number of aliphatic hydroxyl groups is 1. The minimum atomic E-state index is -1.19. The standard InChI is InChI=1S/C46H49ClN10O8/c1-3-55-36-21-31(10-11-32(36)40-41(55)45(64)57(44(40)63)35-13-15-38(59)56(26-58)43(35)62)65-23-39(60)53-18-16-46(17-19-53)24-54(25-46)37-14-12-34(50-51-37)42(61)49-28-5-8-29(9-6-28)52(2)30-7-4-27(22-48)33(47)20-30/h4,7,10-12,14,20-21,28-29,35,58H,3,5-6,8-9,13,15-19,23-26H2,1-2H3,(H,49,61). The third-order valence-corrected chi connectivity index (χ3v) is 14.3. The molecule has 4 fully saturated rings. The summed E-state index contributed by atoms with van der Waals surface area (Å²) in [5.41, 5.74) is 2.63. The van der Waals surface area contributed by atoms with Crippen LogP contribution < -0.4 is 19.9 Å². The van der Waals surface area contributed by atoms with E-state index in [-0.39, 0.29) is 59.7 Å². The molecule has 18 nitrogen and oxygen atoms in total. The average molecular weight is 905 g/mol. The number of aromatic nitrogens is 3. The summed E-state index contributed by atoms with van der Waals surface area (Å²) in [5, 5.41) is 31.5. The number of nitrogens with one attached hydrogen (secondary N) is 1. The molecule has 1 unspecified atom stereocenters. The first-order valence-corrected chi connectivity index (χ1v) is 22.4. The number of nitrogens with zero attached hydrogens (tertiary/aromatic N) is 9. The number of anilines is 2. The smallest absolute Gasteiger partial charge is 0.278 e. The fourth-order valence-corrected chi connectivity index (χ4v) is 10.4. The van der Waals surface area contributed by atoms with Crippen LogP contribution in [0.4, 0.5) is 11.5 Å². The van der Waals surface area contributed by atoms with E-state index in [1.54, 1.807) is 34.9 Å². The highest BCUT2D eigenvalue weighted by atomic mass is 35.5. The second-order valence-electron chi connectivity index (χ2n) is 17.7. The number of aryl methyl sites for hydroxylation is 1. The molecule has 1 atom stereocenters. The van der Waals surface area contributed by atoms with Crippen LogP contribution in [-0.2, 0) is 20.9 Å². The Morgan fingerprint density at radius 1 is 0.985 bits per heavy atom. The van der Waals surface area contributed by atoms with Gasteiger partial charge in [0, 0.05) is 80.8 Å². The van der Waals surface area contributed by atoms with Crippen molar-refractivity contribution < 1.29 is 38.6 Å². The van der Waals surface area contributed by atoms with Crippen molar-refractivity contribution in [1.29, 1.82) is 5.26 Å². The Hall–Kier alpha value is -6.58. The summed E-state index contributed by atoms with van der Waals surface area (Å²) in [6, 6.07) is 15.3. The second kappa shape index (κ2) is 17.4. The lowest BCUT2D eigenvalue weighted by molar-refractivity contribution is -0.156. The molecule has 19 heteroatoms. The van der Waals surface area contributed by atoms with Crippen molar-refractivity contribution in [2.75, 3.05) is 56.4 Å². The number of likely N-dealkylation sites (tertiary alicyclic amines) is 2. The molecule has 65 heavy (non-hydrogen) atoms. The highest BCUT2D eigenvalue weighted by Crippen LogP contribution is 2.42. The molecule has 5 aliphatic rings. The predicted octanol–water partition coefficient (Wildman–Crippen LogP) is 3.72. The van der Waals surface area contributed by atoms with Gasteiger partial charge < -0.3 is 34.4 Å². The number of amides is 6. The van der Waals surface area contributed by atoms with Crippen LogP contribution in [0.2, 0.25) is 5.02 Å². The number of piperidine rings is 2. The molecule has 2 aromatic carbocycles. The van der Waals surface area contributed by atoms with E-state index >= 15 is 0 Å². The summed E-state index contributed by atoms with van der Waals surface area (Å²) in [6.45, 7) is 3.88. The zero-order valence-electron chi connectivity index (χ0n) is 36.2. The van der Waals surface area contributed by atoms with Crippen LogP contribution in [-0.4, -0.2) is 135 Å². The Balaban J connectivity index is 0.730. The zero-order chi connectivity index (χ0) is 45.7. The molecule has 1 saturated carbocycles. The van der Waals surface area contributed by atoms with Crippen molar-refractivity contribution >= 4 is 69.5 Å². The maximum atomic E-state index is 13.7. The van der Waals surface area contributed by atoms with E-state index in [1.165, 1.54) is 0 Å². The summed E-state index contributed by atoms with van der Waals surface area (Å²) >= 11 is 6.26. The number of aliphatic hydroxyl groups excluding tert-OH is 1. The van der Waals surface area contributed by atoms with Crippen molar-refractivity contribution in [2.45, 2.75) is 83.0 Å². The van der Waals surface area contributed by atoms with E-state index in [1.807, 2.05) is 37.1 Å². The molecule has 2 aromatic heterocycles. The molecule has 9 rings (SSSR count). The van der Waals surface area contributed by atoms with Crippen LogP contribution in [0.5, 0.6) is 5.75 Å². The minimum Gasteiger partial charge on any atom is -0.484 e. The molecule has 338 valence electrons. The molecular weight excluding hydrogens is 856 g/mol. The topological polar surface area (TPSA) is 215 Å². The number of rotatable bonds is 11. The highest BCUT2D eigenvalue weighted by Gasteiger charge is 2.50. The first kappa shape index (κ1) is 43.7. The van der Waals surface area contributed by atoms with Crippen molar-refractivity contribution in [3.63, 3.8) is 0 Å². The largest absolute Gasteiger partial charge is 0.484 e. The van der Waals surface area contributed by atoms with Gasteiger partial charge in [0.05, 0.1) is 21.7 Å². The van der Waals surface area contributed by atoms with Gasteiger partial charge in [0.15, 0.2) is 18.1 Å². The lowest BCUT2D eigenvalue weighted by Gasteiger charge is -2.54. The maximum Gasteiger partial charge on any atom is 0.278 e. The number of benzene rings is 2. The minimum absolute atomic E-state index is 0.0153. The summed E-state index contributed by atoms with van der Waals surface area (Å²) in [5.74, 6) is -1.90. The summed E-state index contributed by atoms with van der Waals surface area (Å²) in [6.07, 6.45) is 5.00. The van der Waals surface area contributed by atoms with E-state index in [0.717, 1.165) is 62.2 Å². The Morgan fingerprint density at radius 3 is 2.40 bits per heavy atom. The molecule has 6 heterocycles. The van der Waals surface area contributed by atoms with Crippen LogP contribution in [0, 0.1) is 16.7 Å². The van der Waals surface area contributed by atoms with Crippen molar-refractivity contribution in [2.24, 2.45) is 5.41 Å². The SMILES string of the molecule is CCn1c2c(c3ccc(OCC(=O)N4CCC5(CC4)CN(c4ccc(C(=O)NC6CCC(N(C)c7ccc(C#N)c(Cl)c7)CC6)nn4)C5)cc31)C(=O)N(C1CCC(=O)N(CO)C1=O)C2=O. The van der Waals surface area contributed by atoms with E-state index in [4.69, 9.17) is 16.3 Å². The molecule has 1 aliphatic carbocycles. The van der Waals surface area contributed by atoms with Gasteiger partial charge in [0.2, 0.25) is 5.91 Å². The van der Waals surface area contributed by atoms with E-state index in [0.29, 0.717) is 63.6 Å². The second-order valence-corrected chi connectivity index (χ2v) is 18.1.